The van der Waals surface area contributed by atoms with Crippen LogP contribution in [-0.4, -0.2) is 57.8 Å². The van der Waals surface area contributed by atoms with Crippen LogP contribution in [-0.2, 0) is 16.0 Å². The lowest BCUT2D eigenvalue weighted by Gasteiger charge is -2.21. The summed E-state index contributed by atoms with van der Waals surface area (Å²) in [5, 5.41) is 0. The molecule has 1 aromatic heterocycles. The lowest BCUT2D eigenvalue weighted by Crippen LogP contribution is -2.40. The number of amides is 1. The molecule has 156 valence electrons. The number of carbonyl (C=O) groups excluding carboxylic acids is 2. The first-order valence-electron chi connectivity index (χ1n) is 9.28. The minimum Gasteiger partial charge on any atom is -0.496 e. The zero-order valence-electron chi connectivity index (χ0n) is 17.0. The summed E-state index contributed by atoms with van der Waals surface area (Å²) in [6.07, 6.45) is 1.70. The van der Waals surface area contributed by atoms with Crippen molar-refractivity contribution < 1.29 is 33.0 Å². The van der Waals surface area contributed by atoms with Gasteiger partial charge in [0.25, 0.3) is 5.91 Å². The van der Waals surface area contributed by atoms with Gasteiger partial charge in [0.1, 0.15) is 29.1 Å². The van der Waals surface area contributed by atoms with Crippen molar-refractivity contribution in [3.8, 4) is 17.2 Å². The third kappa shape index (κ3) is 4.16. The molecular formula is C21H25NO7. The van der Waals surface area contributed by atoms with Crippen molar-refractivity contribution in [2.24, 2.45) is 0 Å². The van der Waals surface area contributed by atoms with Gasteiger partial charge in [-0.1, -0.05) is 0 Å². The van der Waals surface area contributed by atoms with Crippen LogP contribution in [0.5, 0.6) is 17.2 Å². The fourth-order valence-electron chi connectivity index (χ4n) is 3.55. The number of hydrogen-bond donors (Lipinski definition) is 0. The SMILES string of the molecule is COC(=O)C1CCCN1C(=O)c1ccc(Cc2c(OC)cc(OC)cc2OC)o1. The van der Waals surface area contributed by atoms with Gasteiger partial charge in [-0.2, -0.15) is 0 Å². The van der Waals surface area contributed by atoms with E-state index in [9.17, 15) is 9.59 Å². The van der Waals surface area contributed by atoms with Crippen molar-refractivity contribution in [1.29, 1.82) is 0 Å². The molecule has 0 aliphatic carbocycles. The molecule has 1 aromatic carbocycles. The molecular weight excluding hydrogens is 378 g/mol. The quantitative estimate of drug-likeness (QED) is 0.657. The molecule has 1 saturated heterocycles. The minimum atomic E-state index is -0.567. The predicted molar refractivity (Wildman–Crippen MR) is 104 cm³/mol. The van der Waals surface area contributed by atoms with E-state index < -0.39 is 12.0 Å². The molecule has 8 nitrogen and oxygen atoms in total. The van der Waals surface area contributed by atoms with Crippen molar-refractivity contribution in [2.75, 3.05) is 35.0 Å². The Morgan fingerprint density at radius 1 is 1.07 bits per heavy atom. The number of methoxy groups -OCH3 is 4. The van der Waals surface area contributed by atoms with Crippen molar-refractivity contribution in [3.63, 3.8) is 0 Å². The average molecular weight is 403 g/mol. The number of rotatable bonds is 7. The molecule has 1 aliphatic rings. The maximum Gasteiger partial charge on any atom is 0.328 e. The Hall–Kier alpha value is -3.16. The van der Waals surface area contributed by atoms with Crippen LogP contribution >= 0.6 is 0 Å². The topological polar surface area (TPSA) is 87.4 Å². The lowest BCUT2D eigenvalue weighted by molar-refractivity contribution is -0.145. The van der Waals surface area contributed by atoms with Crippen LogP contribution in [0.1, 0.15) is 34.7 Å². The molecule has 1 atom stereocenters. The largest absolute Gasteiger partial charge is 0.496 e. The van der Waals surface area contributed by atoms with Crippen LogP contribution in [0.3, 0.4) is 0 Å². The second-order valence-electron chi connectivity index (χ2n) is 6.63. The van der Waals surface area contributed by atoms with Gasteiger partial charge in [-0.3, -0.25) is 4.79 Å². The van der Waals surface area contributed by atoms with E-state index in [4.69, 9.17) is 23.4 Å². The maximum absolute atomic E-state index is 12.8. The molecule has 1 fully saturated rings. The van der Waals surface area contributed by atoms with Gasteiger partial charge in [0.05, 0.1) is 28.4 Å². The van der Waals surface area contributed by atoms with Crippen molar-refractivity contribution in [2.45, 2.75) is 25.3 Å². The Morgan fingerprint density at radius 2 is 1.76 bits per heavy atom. The highest BCUT2D eigenvalue weighted by atomic mass is 16.5. The van der Waals surface area contributed by atoms with E-state index in [1.54, 1.807) is 45.6 Å². The summed E-state index contributed by atoms with van der Waals surface area (Å²) in [5.41, 5.74) is 0.776. The van der Waals surface area contributed by atoms with Crippen LogP contribution in [0, 0.1) is 0 Å². The first kappa shape index (κ1) is 20.6. The summed E-state index contributed by atoms with van der Waals surface area (Å²) in [4.78, 5) is 26.2. The molecule has 1 unspecified atom stereocenters. The Kier molecular flexibility index (Phi) is 6.31. The molecule has 1 aliphatic heterocycles. The van der Waals surface area contributed by atoms with Gasteiger partial charge in [-0.05, 0) is 25.0 Å². The summed E-state index contributed by atoms with van der Waals surface area (Å²) >= 11 is 0. The fraction of sp³-hybridized carbons (Fsp3) is 0.429. The van der Waals surface area contributed by atoms with Gasteiger partial charge in [-0.25, -0.2) is 4.79 Å². The molecule has 0 N–H and O–H groups in total. The third-order valence-electron chi connectivity index (χ3n) is 5.03. The number of carbonyl (C=O) groups is 2. The highest BCUT2D eigenvalue weighted by Gasteiger charge is 2.36. The van der Waals surface area contributed by atoms with Gasteiger partial charge < -0.3 is 28.3 Å². The molecule has 2 heterocycles. The van der Waals surface area contributed by atoms with Gasteiger partial charge in [0, 0.05) is 30.7 Å². The first-order valence-corrected chi connectivity index (χ1v) is 9.28. The minimum absolute atomic E-state index is 0.183. The zero-order chi connectivity index (χ0) is 21.0. The number of furan rings is 1. The number of hydrogen-bond acceptors (Lipinski definition) is 7. The summed E-state index contributed by atoms with van der Waals surface area (Å²) in [6, 6.07) is 6.31. The Labute approximate surface area is 169 Å². The standard InChI is InChI=1S/C21H25NO7/c1-25-14-11-18(26-2)15(19(12-14)27-3)10-13-7-8-17(29-13)20(23)22-9-5-6-16(22)21(24)28-4/h7-8,11-12,16H,5-6,9-10H2,1-4H3. The van der Waals surface area contributed by atoms with Crippen LogP contribution in [0.25, 0.3) is 0 Å². The maximum atomic E-state index is 12.8. The molecule has 0 saturated carbocycles. The highest BCUT2D eigenvalue weighted by Crippen LogP contribution is 2.36. The fourth-order valence-corrected chi connectivity index (χ4v) is 3.55. The van der Waals surface area contributed by atoms with E-state index in [2.05, 4.69) is 0 Å². The molecule has 1 amide bonds. The van der Waals surface area contributed by atoms with Crippen molar-refractivity contribution >= 4 is 11.9 Å². The van der Waals surface area contributed by atoms with Crippen LogP contribution < -0.4 is 14.2 Å². The number of esters is 1. The van der Waals surface area contributed by atoms with Gasteiger partial charge in [-0.15, -0.1) is 0 Å². The zero-order valence-corrected chi connectivity index (χ0v) is 17.0. The Morgan fingerprint density at radius 3 is 2.34 bits per heavy atom. The smallest absolute Gasteiger partial charge is 0.328 e. The molecule has 3 rings (SSSR count). The highest BCUT2D eigenvalue weighted by molar-refractivity contribution is 5.95. The van der Waals surface area contributed by atoms with Gasteiger partial charge in [0.15, 0.2) is 5.76 Å². The average Bonchev–Trinajstić information content (AvgIpc) is 3.42. The van der Waals surface area contributed by atoms with E-state index in [0.717, 1.165) is 12.0 Å². The summed E-state index contributed by atoms with van der Waals surface area (Å²) in [5.74, 6) is 1.83. The van der Waals surface area contributed by atoms with Crippen LogP contribution in [0.2, 0.25) is 0 Å². The molecule has 2 aromatic rings. The molecule has 0 radical (unpaired) electrons. The van der Waals surface area contributed by atoms with Crippen molar-refractivity contribution in [3.05, 3.63) is 41.3 Å². The lowest BCUT2D eigenvalue weighted by atomic mass is 10.1. The summed E-state index contributed by atoms with van der Waals surface area (Å²) < 4.78 is 26.8. The predicted octanol–water partition coefficient (Wildman–Crippen LogP) is 2.67. The van der Waals surface area contributed by atoms with Gasteiger partial charge >= 0.3 is 5.97 Å². The molecule has 29 heavy (non-hydrogen) atoms. The monoisotopic (exact) mass is 403 g/mol. The molecule has 0 spiro atoms. The second kappa shape index (κ2) is 8.89. The van der Waals surface area contributed by atoms with E-state index in [1.165, 1.54) is 12.0 Å². The number of nitrogens with zero attached hydrogens (tertiary/aromatic N) is 1. The van der Waals surface area contributed by atoms with Crippen LogP contribution in [0.4, 0.5) is 0 Å². The molecule has 0 bridgehead atoms. The van der Waals surface area contributed by atoms with E-state index in [0.29, 0.717) is 42.4 Å². The summed E-state index contributed by atoms with van der Waals surface area (Å²) in [7, 11) is 6.02. The Bertz CT molecular complexity index is 864. The van der Waals surface area contributed by atoms with Crippen LogP contribution in [0.15, 0.2) is 28.7 Å². The number of likely N-dealkylation sites (tertiary alicyclic amines) is 1. The number of ether oxygens (including phenoxy) is 4. The van der Waals surface area contributed by atoms with E-state index in [-0.39, 0.29) is 11.7 Å². The molecule has 8 heteroatoms. The summed E-state index contributed by atoms with van der Waals surface area (Å²) in [6.45, 7) is 0.495. The number of benzene rings is 1. The second-order valence-corrected chi connectivity index (χ2v) is 6.63. The van der Waals surface area contributed by atoms with Gasteiger partial charge in [0.2, 0.25) is 0 Å². The normalized spacial score (nSPS) is 15.9. The Balaban J connectivity index is 1.82. The van der Waals surface area contributed by atoms with E-state index in [1.807, 2.05) is 0 Å². The third-order valence-corrected chi connectivity index (χ3v) is 5.03. The first-order chi connectivity index (χ1) is 14.0. The van der Waals surface area contributed by atoms with Crippen molar-refractivity contribution in [1.82, 2.24) is 4.90 Å². The van der Waals surface area contributed by atoms with E-state index >= 15 is 0 Å².